The van der Waals surface area contributed by atoms with E-state index < -0.39 is 5.91 Å². The highest BCUT2D eigenvalue weighted by molar-refractivity contribution is 7.14. The molecule has 0 saturated heterocycles. The number of rotatable bonds is 4. The van der Waals surface area contributed by atoms with Crippen molar-refractivity contribution in [3.05, 3.63) is 53.2 Å². The van der Waals surface area contributed by atoms with Crippen molar-refractivity contribution in [3.8, 4) is 11.5 Å². The SMILES string of the molecule is Cn1ccnc1-c1csc(NC(=O)c2cccc(C(N)=O)c2)n1. The largest absolute Gasteiger partial charge is 0.366 e. The van der Waals surface area contributed by atoms with E-state index in [1.807, 2.05) is 23.2 Å². The smallest absolute Gasteiger partial charge is 0.257 e. The van der Waals surface area contributed by atoms with E-state index in [0.29, 0.717) is 16.4 Å². The average molecular weight is 327 g/mol. The molecule has 2 amide bonds. The lowest BCUT2D eigenvalue weighted by atomic mass is 10.1. The maximum Gasteiger partial charge on any atom is 0.257 e. The number of anilines is 1. The summed E-state index contributed by atoms with van der Waals surface area (Å²) in [7, 11) is 1.87. The molecule has 0 atom stereocenters. The van der Waals surface area contributed by atoms with E-state index in [4.69, 9.17) is 5.73 Å². The number of primary amides is 1. The van der Waals surface area contributed by atoms with Gasteiger partial charge in [-0.2, -0.15) is 0 Å². The molecule has 0 saturated carbocycles. The van der Waals surface area contributed by atoms with E-state index in [1.165, 1.54) is 17.4 Å². The normalized spacial score (nSPS) is 10.5. The van der Waals surface area contributed by atoms with Crippen LogP contribution in [0.4, 0.5) is 5.13 Å². The Bertz CT molecular complexity index is 883. The molecule has 0 fully saturated rings. The van der Waals surface area contributed by atoms with Crippen LogP contribution in [-0.2, 0) is 7.05 Å². The standard InChI is InChI=1S/C15H13N5O2S/c1-20-6-5-17-13(20)11-8-23-15(18-11)19-14(22)10-4-2-3-9(7-10)12(16)21/h2-8H,1H3,(H2,16,21)(H,18,19,22). The Morgan fingerprint density at radius 3 is 2.78 bits per heavy atom. The minimum atomic E-state index is -0.578. The molecule has 2 aromatic heterocycles. The monoisotopic (exact) mass is 327 g/mol. The van der Waals surface area contributed by atoms with Gasteiger partial charge in [0.15, 0.2) is 11.0 Å². The molecule has 3 rings (SSSR count). The van der Waals surface area contributed by atoms with Gasteiger partial charge in [0.05, 0.1) is 0 Å². The van der Waals surface area contributed by atoms with Gasteiger partial charge in [-0.25, -0.2) is 9.97 Å². The second-order valence-electron chi connectivity index (χ2n) is 4.80. The lowest BCUT2D eigenvalue weighted by Crippen LogP contribution is -2.15. The number of thiazole rings is 1. The van der Waals surface area contributed by atoms with Crippen molar-refractivity contribution >= 4 is 28.3 Å². The summed E-state index contributed by atoms with van der Waals surface area (Å²) in [6.45, 7) is 0. The molecule has 0 aliphatic carbocycles. The molecule has 116 valence electrons. The van der Waals surface area contributed by atoms with Crippen molar-refractivity contribution in [1.82, 2.24) is 14.5 Å². The van der Waals surface area contributed by atoms with Crippen LogP contribution in [0.5, 0.6) is 0 Å². The highest BCUT2D eigenvalue weighted by atomic mass is 32.1. The van der Waals surface area contributed by atoms with Crippen LogP contribution in [-0.4, -0.2) is 26.3 Å². The Morgan fingerprint density at radius 2 is 2.09 bits per heavy atom. The number of nitrogens with two attached hydrogens (primary N) is 1. The zero-order valence-corrected chi connectivity index (χ0v) is 13.0. The second kappa shape index (κ2) is 6.01. The van der Waals surface area contributed by atoms with Gasteiger partial charge >= 0.3 is 0 Å². The number of aryl methyl sites for hydroxylation is 1. The summed E-state index contributed by atoms with van der Waals surface area (Å²) < 4.78 is 1.84. The van der Waals surface area contributed by atoms with E-state index in [2.05, 4.69) is 15.3 Å². The maximum atomic E-state index is 12.2. The molecular weight excluding hydrogens is 314 g/mol. The minimum Gasteiger partial charge on any atom is -0.366 e. The zero-order valence-electron chi connectivity index (χ0n) is 12.2. The van der Waals surface area contributed by atoms with Gasteiger partial charge in [-0.05, 0) is 18.2 Å². The summed E-state index contributed by atoms with van der Waals surface area (Å²) in [5.74, 6) is -0.211. The number of amides is 2. The van der Waals surface area contributed by atoms with E-state index in [1.54, 1.807) is 24.4 Å². The van der Waals surface area contributed by atoms with Crippen LogP contribution in [0, 0.1) is 0 Å². The number of nitrogens with one attached hydrogen (secondary N) is 1. The third-order valence-electron chi connectivity index (χ3n) is 3.18. The van der Waals surface area contributed by atoms with Gasteiger partial charge in [0.25, 0.3) is 5.91 Å². The first-order valence-electron chi connectivity index (χ1n) is 6.69. The van der Waals surface area contributed by atoms with Crippen LogP contribution >= 0.6 is 11.3 Å². The lowest BCUT2D eigenvalue weighted by Gasteiger charge is -2.03. The molecule has 3 N–H and O–H groups in total. The molecule has 2 heterocycles. The molecule has 0 unspecified atom stereocenters. The fraction of sp³-hybridized carbons (Fsp3) is 0.0667. The molecule has 0 aliphatic rings. The van der Waals surface area contributed by atoms with Gasteiger partial charge in [-0.3, -0.25) is 14.9 Å². The minimum absolute atomic E-state index is 0.283. The van der Waals surface area contributed by atoms with E-state index in [0.717, 1.165) is 5.82 Å². The van der Waals surface area contributed by atoms with Crippen molar-refractivity contribution in [1.29, 1.82) is 0 Å². The van der Waals surface area contributed by atoms with Crippen molar-refractivity contribution in [2.45, 2.75) is 0 Å². The summed E-state index contributed by atoms with van der Waals surface area (Å²) in [6, 6.07) is 6.22. The first-order chi connectivity index (χ1) is 11.0. The molecule has 0 spiro atoms. The zero-order chi connectivity index (χ0) is 16.4. The number of hydrogen-bond donors (Lipinski definition) is 2. The van der Waals surface area contributed by atoms with E-state index in [-0.39, 0.29) is 11.5 Å². The van der Waals surface area contributed by atoms with Crippen LogP contribution in [0.15, 0.2) is 42.0 Å². The number of aromatic nitrogens is 3. The summed E-state index contributed by atoms with van der Waals surface area (Å²) in [5.41, 5.74) is 6.53. The predicted molar refractivity (Wildman–Crippen MR) is 87.2 cm³/mol. The van der Waals surface area contributed by atoms with Crippen LogP contribution in [0.3, 0.4) is 0 Å². The van der Waals surface area contributed by atoms with Gasteiger partial charge in [0, 0.05) is 35.9 Å². The van der Waals surface area contributed by atoms with Gasteiger partial charge < -0.3 is 10.3 Å². The molecule has 0 aliphatic heterocycles. The van der Waals surface area contributed by atoms with E-state index in [9.17, 15) is 9.59 Å². The molecular formula is C15H13N5O2S. The average Bonchev–Trinajstić information content (AvgIpc) is 3.16. The first-order valence-corrected chi connectivity index (χ1v) is 7.57. The number of carbonyl (C=O) groups is 2. The van der Waals surface area contributed by atoms with Crippen molar-refractivity contribution in [2.75, 3.05) is 5.32 Å². The van der Waals surface area contributed by atoms with Gasteiger partial charge in [0.1, 0.15) is 5.69 Å². The molecule has 1 aromatic carbocycles. The maximum absolute atomic E-state index is 12.2. The van der Waals surface area contributed by atoms with Crippen LogP contribution in [0.1, 0.15) is 20.7 Å². The summed E-state index contributed by atoms with van der Waals surface area (Å²) in [5, 5.41) is 4.98. The van der Waals surface area contributed by atoms with E-state index >= 15 is 0 Å². The third kappa shape index (κ3) is 3.11. The van der Waals surface area contributed by atoms with Crippen LogP contribution in [0.2, 0.25) is 0 Å². The predicted octanol–water partition coefficient (Wildman–Crippen LogP) is 1.89. The van der Waals surface area contributed by atoms with Crippen LogP contribution in [0.25, 0.3) is 11.5 Å². The molecule has 0 bridgehead atoms. The first kappa shape index (κ1) is 14.9. The molecule has 7 nitrogen and oxygen atoms in total. The van der Waals surface area contributed by atoms with Crippen molar-refractivity contribution in [2.24, 2.45) is 12.8 Å². The highest BCUT2D eigenvalue weighted by Gasteiger charge is 2.13. The van der Waals surface area contributed by atoms with Crippen LogP contribution < -0.4 is 11.1 Å². The molecule has 8 heteroatoms. The topological polar surface area (TPSA) is 103 Å². The number of imidazole rings is 1. The number of hydrogen-bond acceptors (Lipinski definition) is 5. The third-order valence-corrected chi connectivity index (χ3v) is 3.94. The Hall–Kier alpha value is -3.00. The fourth-order valence-electron chi connectivity index (χ4n) is 2.03. The summed E-state index contributed by atoms with van der Waals surface area (Å²) in [4.78, 5) is 32.0. The number of benzene rings is 1. The second-order valence-corrected chi connectivity index (χ2v) is 5.66. The highest BCUT2D eigenvalue weighted by Crippen LogP contribution is 2.23. The van der Waals surface area contributed by atoms with Gasteiger partial charge in [0.2, 0.25) is 5.91 Å². The molecule has 23 heavy (non-hydrogen) atoms. The number of carbonyl (C=O) groups excluding carboxylic acids is 2. The lowest BCUT2D eigenvalue weighted by molar-refractivity contribution is 0.1000. The van der Waals surface area contributed by atoms with Crippen molar-refractivity contribution < 1.29 is 9.59 Å². The quantitative estimate of drug-likeness (QED) is 0.763. The Labute approximate surface area is 135 Å². The van der Waals surface area contributed by atoms with Gasteiger partial charge in [-0.1, -0.05) is 6.07 Å². The molecule has 0 radical (unpaired) electrons. The Balaban J connectivity index is 1.79. The molecule has 3 aromatic rings. The van der Waals surface area contributed by atoms with Crippen molar-refractivity contribution in [3.63, 3.8) is 0 Å². The Kier molecular flexibility index (Phi) is 3.90. The Morgan fingerprint density at radius 1 is 1.30 bits per heavy atom. The van der Waals surface area contributed by atoms with Gasteiger partial charge in [-0.15, -0.1) is 11.3 Å². The summed E-state index contributed by atoms with van der Waals surface area (Å²) in [6.07, 6.45) is 3.50. The summed E-state index contributed by atoms with van der Waals surface area (Å²) >= 11 is 1.30. The fourth-order valence-corrected chi connectivity index (χ4v) is 2.71. The number of nitrogens with zero attached hydrogens (tertiary/aromatic N) is 3.